The largest absolute Gasteiger partial charge is 0.506 e. The van der Waals surface area contributed by atoms with Gasteiger partial charge in [-0.15, -0.1) is 11.8 Å². The van der Waals surface area contributed by atoms with E-state index in [1.54, 1.807) is 55.3 Å². The zero-order valence-corrected chi connectivity index (χ0v) is 24.1. The zero-order valence-electron chi connectivity index (χ0n) is 19.3. The van der Waals surface area contributed by atoms with Crippen molar-refractivity contribution in [3.8, 4) is 5.75 Å². The summed E-state index contributed by atoms with van der Waals surface area (Å²) in [6.45, 7) is 5.35. The van der Waals surface area contributed by atoms with E-state index in [-0.39, 0.29) is 17.4 Å². The van der Waals surface area contributed by atoms with Gasteiger partial charge in [0, 0.05) is 4.90 Å². The Morgan fingerprint density at radius 3 is 2.43 bits per heavy atom. The molecule has 0 saturated carbocycles. The fraction of sp³-hybridized carbons (Fsp3) is 0.240. The zero-order chi connectivity index (χ0) is 25.4. The predicted molar refractivity (Wildman–Crippen MR) is 147 cm³/mol. The molecule has 1 atom stereocenters. The van der Waals surface area contributed by atoms with E-state index in [0.717, 1.165) is 16.0 Å². The van der Waals surface area contributed by atoms with Crippen molar-refractivity contribution in [2.24, 2.45) is 4.99 Å². The lowest BCUT2D eigenvalue weighted by atomic mass is 9.96. The predicted octanol–water partition coefficient (Wildman–Crippen LogP) is 5.14. The summed E-state index contributed by atoms with van der Waals surface area (Å²) in [6, 6.07) is 10.6. The van der Waals surface area contributed by atoms with E-state index in [1.807, 2.05) is 30.5 Å². The SMILES string of the molecule is CSc1ccc([C@H]2C(C(=O)OC(C)C)=C(C)N=c3s/c(=C\c4cc(Br)c(O)c(Br)c4)c(=O)n32)cc1. The second kappa shape index (κ2) is 10.5. The second-order valence-corrected chi connectivity index (χ2v) is 11.7. The van der Waals surface area contributed by atoms with Gasteiger partial charge >= 0.3 is 5.97 Å². The van der Waals surface area contributed by atoms with Crippen molar-refractivity contribution in [3.05, 3.63) is 87.4 Å². The third-order valence-electron chi connectivity index (χ3n) is 5.35. The molecule has 35 heavy (non-hydrogen) atoms. The highest BCUT2D eigenvalue weighted by Gasteiger charge is 2.33. The number of halogens is 2. The molecule has 6 nitrogen and oxygen atoms in total. The van der Waals surface area contributed by atoms with Crippen LogP contribution in [0.25, 0.3) is 6.08 Å². The van der Waals surface area contributed by atoms with Crippen LogP contribution in [-0.4, -0.2) is 28.0 Å². The highest BCUT2D eigenvalue weighted by atomic mass is 79.9. The van der Waals surface area contributed by atoms with Crippen molar-refractivity contribution in [1.29, 1.82) is 0 Å². The van der Waals surface area contributed by atoms with Crippen LogP contribution in [0.3, 0.4) is 0 Å². The molecule has 182 valence electrons. The van der Waals surface area contributed by atoms with Crippen molar-refractivity contribution < 1.29 is 14.6 Å². The van der Waals surface area contributed by atoms with Gasteiger partial charge in [-0.1, -0.05) is 23.5 Å². The summed E-state index contributed by atoms with van der Waals surface area (Å²) in [5.74, 6) is -0.401. The number of carbonyl (C=O) groups is 1. The summed E-state index contributed by atoms with van der Waals surface area (Å²) in [5.41, 5.74) is 2.15. The average Bonchev–Trinajstić information content (AvgIpc) is 3.10. The quantitative estimate of drug-likeness (QED) is 0.310. The van der Waals surface area contributed by atoms with Gasteiger partial charge < -0.3 is 9.84 Å². The van der Waals surface area contributed by atoms with Crippen LogP contribution < -0.4 is 14.9 Å². The number of fused-ring (bicyclic) bond motifs is 1. The number of allylic oxidation sites excluding steroid dienone is 1. The van der Waals surface area contributed by atoms with Crippen molar-refractivity contribution in [2.75, 3.05) is 6.26 Å². The molecular weight excluding hydrogens is 616 g/mol. The van der Waals surface area contributed by atoms with Crippen molar-refractivity contribution in [1.82, 2.24) is 4.57 Å². The van der Waals surface area contributed by atoms with Crippen LogP contribution in [0.15, 0.2) is 71.3 Å². The number of hydrogen-bond acceptors (Lipinski definition) is 7. The average molecular weight is 638 g/mol. The first-order valence-corrected chi connectivity index (χ1v) is 14.3. The Kier molecular flexibility index (Phi) is 7.75. The topological polar surface area (TPSA) is 80.9 Å². The first-order valence-electron chi connectivity index (χ1n) is 10.7. The van der Waals surface area contributed by atoms with Crippen molar-refractivity contribution in [3.63, 3.8) is 0 Å². The first-order chi connectivity index (χ1) is 16.6. The number of hydrogen-bond donors (Lipinski definition) is 1. The van der Waals surface area contributed by atoms with E-state index >= 15 is 0 Å². The van der Waals surface area contributed by atoms with Crippen LogP contribution in [0.4, 0.5) is 0 Å². The van der Waals surface area contributed by atoms with Crippen LogP contribution in [0.1, 0.15) is 37.9 Å². The Morgan fingerprint density at radius 1 is 1.23 bits per heavy atom. The third kappa shape index (κ3) is 5.21. The van der Waals surface area contributed by atoms with Crippen LogP contribution in [-0.2, 0) is 9.53 Å². The number of esters is 1. The summed E-state index contributed by atoms with van der Waals surface area (Å²) in [4.78, 5) is 33.0. The van der Waals surface area contributed by atoms with E-state index in [1.165, 1.54) is 11.3 Å². The molecule has 0 amide bonds. The maximum atomic E-state index is 13.7. The number of phenolic OH excluding ortho intramolecular Hbond substituents is 1. The minimum atomic E-state index is -0.658. The van der Waals surface area contributed by atoms with Gasteiger partial charge in [0.1, 0.15) is 5.75 Å². The lowest BCUT2D eigenvalue weighted by molar-refractivity contribution is -0.143. The Morgan fingerprint density at radius 2 is 1.86 bits per heavy atom. The molecule has 3 aromatic rings. The Hall–Kier alpha value is -2.14. The number of thioether (sulfide) groups is 1. The summed E-state index contributed by atoms with van der Waals surface area (Å²) in [6.07, 6.45) is 3.43. The number of carbonyl (C=O) groups excluding carboxylic acids is 1. The third-order valence-corrected chi connectivity index (χ3v) is 8.29. The van der Waals surface area contributed by atoms with Gasteiger partial charge in [0.05, 0.1) is 36.9 Å². The summed E-state index contributed by atoms with van der Waals surface area (Å²) in [7, 11) is 0. The Labute approximate surface area is 227 Å². The van der Waals surface area contributed by atoms with Crippen LogP contribution in [0, 0.1) is 0 Å². The molecule has 2 heterocycles. The molecule has 0 aliphatic carbocycles. The van der Waals surface area contributed by atoms with Crippen molar-refractivity contribution >= 4 is 67.0 Å². The lowest BCUT2D eigenvalue weighted by Gasteiger charge is -2.25. The van der Waals surface area contributed by atoms with Crippen LogP contribution in [0.5, 0.6) is 5.75 Å². The number of ether oxygens (including phenoxy) is 1. The number of aromatic nitrogens is 1. The summed E-state index contributed by atoms with van der Waals surface area (Å²) >= 11 is 9.53. The van der Waals surface area contributed by atoms with Crippen LogP contribution >= 0.6 is 55.0 Å². The minimum absolute atomic E-state index is 0.0845. The van der Waals surface area contributed by atoms with Gasteiger partial charge in [0.15, 0.2) is 4.80 Å². The fourth-order valence-electron chi connectivity index (χ4n) is 3.78. The van der Waals surface area contributed by atoms with E-state index in [2.05, 4.69) is 36.9 Å². The molecule has 1 aliphatic heterocycles. The monoisotopic (exact) mass is 636 g/mol. The summed E-state index contributed by atoms with van der Waals surface area (Å²) < 4.78 is 8.58. The molecule has 1 aromatic heterocycles. The van der Waals surface area contributed by atoms with Gasteiger partial charge in [0.25, 0.3) is 5.56 Å². The van der Waals surface area contributed by atoms with E-state index in [0.29, 0.717) is 29.5 Å². The smallest absolute Gasteiger partial charge is 0.338 e. The molecule has 0 bridgehead atoms. The summed E-state index contributed by atoms with van der Waals surface area (Å²) in [5, 5.41) is 10.0. The van der Waals surface area contributed by atoms with Gasteiger partial charge in [-0.3, -0.25) is 9.36 Å². The first kappa shape index (κ1) is 25.9. The molecule has 0 saturated heterocycles. The molecule has 1 N–H and O–H groups in total. The number of rotatable bonds is 5. The second-order valence-electron chi connectivity index (χ2n) is 8.14. The molecule has 0 fully saturated rings. The molecule has 0 spiro atoms. The fourth-order valence-corrected chi connectivity index (χ4v) is 6.46. The Bertz CT molecular complexity index is 1500. The normalized spacial score (nSPS) is 15.9. The van der Waals surface area contributed by atoms with E-state index in [4.69, 9.17) is 4.74 Å². The van der Waals surface area contributed by atoms with E-state index < -0.39 is 12.0 Å². The lowest BCUT2D eigenvalue weighted by Crippen LogP contribution is -2.40. The molecule has 10 heteroatoms. The van der Waals surface area contributed by atoms with Crippen molar-refractivity contribution in [2.45, 2.75) is 37.8 Å². The Balaban J connectivity index is 1.94. The van der Waals surface area contributed by atoms with Gasteiger partial charge in [0.2, 0.25) is 0 Å². The molecule has 1 aliphatic rings. The minimum Gasteiger partial charge on any atom is -0.506 e. The van der Waals surface area contributed by atoms with E-state index in [9.17, 15) is 14.7 Å². The van der Waals surface area contributed by atoms with Gasteiger partial charge in [-0.2, -0.15) is 0 Å². The number of thiazole rings is 1. The number of benzene rings is 2. The van der Waals surface area contributed by atoms with Gasteiger partial charge in [-0.25, -0.2) is 9.79 Å². The number of phenols is 1. The standard InChI is InChI=1S/C25H22Br2N2O4S2/c1-12(2)33-24(32)20-13(3)28-25-29(21(20)15-5-7-16(34-4)8-6-15)23(31)19(35-25)11-14-9-17(26)22(30)18(27)10-14/h5-12,21,30H,1-4H3/b19-11-/t21-/m0/s1. The molecular formula is C25H22Br2N2O4S2. The highest BCUT2D eigenvalue weighted by Crippen LogP contribution is 2.34. The number of aromatic hydroxyl groups is 1. The highest BCUT2D eigenvalue weighted by molar-refractivity contribution is 9.11. The molecule has 4 rings (SSSR count). The van der Waals surface area contributed by atoms with Crippen LogP contribution in [0.2, 0.25) is 0 Å². The molecule has 0 radical (unpaired) electrons. The van der Waals surface area contributed by atoms with Gasteiger partial charge in [-0.05, 0) is 100 Å². The molecule has 0 unspecified atom stereocenters. The maximum Gasteiger partial charge on any atom is 0.338 e. The maximum absolute atomic E-state index is 13.7. The molecule has 2 aromatic carbocycles. The number of nitrogens with zero attached hydrogens (tertiary/aromatic N) is 2.